The molecule has 0 radical (unpaired) electrons. The number of sulfonamides is 1. The SMILES string of the molecule is COc1ccc(S(=O)(=O)Nc2cc(CN3CCCC3)c(O)c(CN3CCCC3)c2)cc1. The minimum atomic E-state index is -3.75. The van der Waals surface area contributed by atoms with Crippen molar-refractivity contribution >= 4 is 15.7 Å². The highest BCUT2D eigenvalue weighted by molar-refractivity contribution is 7.92. The normalized spacial score (nSPS) is 17.8. The number of benzene rings is 2. The highest BCUT2D eigenvalue weighted by Gasteiger charge is 2.21. The fourth-order valence-corrected chi connectivity index (χ4v) is 5.43. The molecule has 0 bridgehead atoms. The maximum absolute atomic E-state index is 13.0. The van der Waals surface area contributed by atoms with Crippen LogP contribution in [0.4, 0.5) is 5.69 Å². The van der Waals surface area contributed by atoms with Gasteiger partial charge in [-0.15, -0.1) is 0 Å². The van der Waals surface area contributed by atoms with E-state index >= 15 is 0 Å². The van der Waals surface area contributed by atoms with Gasteiger partial charge >= 0.3 is 0 Å². The molecule has 2 aromatic rings. The second-order valence-corrected chi connectivity index (χ2v) is 10.1. The first kappa shape index (κ1) is 21.9. The van der Waals surface area contributed by atoms with Crippen molar-refractivity contribution in [2.24, 2.45) is 0 Å². The van der Waals surface area contributed by atoms with Crippen molar-refractivity contribution in [1.29, 1.82) is 0 Å². The summed E-state index contributed by atoms with van der Waals surface area (Å²) in [6.45, 7) is 5.25. The first-order chi connectivity index (χ1) is 14.9. The zero-order valence-electron chi connectivity index (χ0n) is 18.0. The smallest absolute Gasteiger partial charge is 0.261 e. The Hall–Kier alpha value is -2.29. The van der Waals surface area contributed by atoms with E-state index in [1.165, 1.54) is 12.1 Å². The molecular formula is C23H31N3O4S. The van der Waals surface area contributed by atoms with Gasteiger partial charge < -0.3 is 9.84 Å². The Morgan fingerprint density at radius 2 is 1.39 bits per heavy atom. The number of ether oxygens (including phenoxy) is 1. The number of nitrogens with zero attached hydrogens (tertiary/aromatic N) is 2. The molecule has 168 valence electrons. The lowest BCUT2D eigenvalue weighted by atomic mass is 10.1. The van der Waals surface area contributed by atoms with E-state index in [0.29, 0.717) is 24.5 Å². The highest BCUT2D eigenvalue weighted by Crippen LogP contribution is 2.32. The molecule has 0 saturated carbocycles. The predicted molar refractivity (Wildman–Crippen MR) is 121 cm³/mol. The van der Waals surface area contributed by atoms with E-state index in [-0.39, 0.29) is 10.6 Å². The van der Waals surface area contributed by atoms with Crippen LogP contribution < -0.4 is 9.46 Å². The number of nitrogens with one attached hydrogen (secondary N) is 1. The molecule has 31 heavy (non-hydrogen) atoms. The summed E-state index contributed by atoms with van der Waals surface area (Å²) in [5, 5.41) is 11.0. The molecule has 2 aliphatic heterocycles. The van der Waals surface area contributed by atoms with Crippen molar-refractivity contribution in [3.8, 4) is 11.5 Å². The Balaban J connectivity index is 1.62. The van der Waals surface area contributed by atoms with Crippen LogP contribution in [0.5, 0.6) is 11.5 Å². The van der Waals surface area contributed by atoms with Crippen LogP contribution in [0, 0.1) is 0 Å². The van der Waals surface area contributed by atoms with Crippen LogP contribution in [-0.2, 0) is 23.1 Å². The Kier molecular flexibility index (Phi) is 6.69. The van der Waals surface area contributed by atoms with Crippen LogP contribution >= 0.6 is 0 Å². The second kappa shape index (κ2) is 9.46. The largest absolute Gasteiger partial charge is 0.507 e. The van der Waals surface area contributed by atoms with E-state index in [2.05, 4.69) is 14.5 Å². The van der Waals surface area contributed by atoms with Crippen LogP contribution in [0.2, 0.25) is 0 Å². The molecule has 0 amide bonds. The van der Waals surface area contributed by atoms with Gasteiger partial charge in [0, 0.05) is 29.9 Å². The average molecular weight is 446 g/mol. The van der Waals surface area contributed by atoms with Crippen molar-refractivity contribution in [2.75, 3.05) is 38.0 Å². The molecule has 0 aliphatic carbocycles. The van der Waals surface area contributed by atoms with E-state index in [9.17, 15) is 13.5 Å². The summed E-state index contributed by atoms with van der Waals surface area (Å²) in [4.78, 5) is 4.77. The minimum absolute atomic E-state index is 0.170. The highest BCUT2D eigenvalue weighted by atomic mass is 32.2. The Labute approximate surface area is 184 Å². The van der Waals surface area contributed by atoms with Crippen molar-refractivity contribution in [2.45, 2.75) is 43.7 Å². The summed E-state index contributed by atoms with van der Waals surface area (Å²) in [6, 6.07) is 9.84. The fraction of sp³-hybridized carbons (Fsp3) is 0.478. The van der Waals surface area contributed by atoms with E-state index in [0.717, 1.165) is 63.0 Å². The molecule has 0 unspecified atom stereocenters. The van der Waals surface area contributed by atoms with Gasteiger partial charge in [0.05, 0.1) is 12.0 Å². The molecule has 2 aromatic carbocycles. The van der Waals surface area contributed by atoms with Crippen LogP contribution in [0.15, 0.2) is 41.3 Å². The van der Waals surface area contributed by atoms with Gasteiger partial charge in [-0.1, -0.05) is 0 Å². The summed E-state index contributed by atoms with van der Waals surface area (Å²) in [7, 11) is -2.21. The summed E-state index contributed by atoms with van der Waals surface area (Å²) >= 11 is 0. The Morgan fingerprint density at radius 3 is 1.84 bits per heavy atom. The lowest BCUT2D eigenvalue weighted by Crippen LogP contribution is -2.21. The predicted octanol–water partition coefficient (Wildman–Crippen LogP) is 3.39. The van der Waals surface area contributed by atoms with Crippen molar-refractivity contribution in [3.05, 3.63) is 47.5 Å². The van der Waals surface area contributed by atoms with Gasteiger partial charge in [-0.3, -0.25) is 14.5 Å². The van der Waals surface area contributed by atoms with Gasteiger partial charge in [-0.25, -0.2) is 8.42 Å². The summed E-state index contributed by atoms with van der Waals surface area (Å²) in [6.07, 6.45) is 4.63. The number of hydrogen-bond acceptors (Lipinski definition) is 6. The molecule has 2 N–H and O–H groups in total. The first-order valence-corrected chi connectivity index (χ1v) is 12.4. The molecule has 2 fully saturated rings. The third-order valence-corrected chi connectivity index (χ3v) is 7.47. The van der Waals surface area contributed by atoms with Gasteiger partial charge in [0.15, 0.2) is 0 Å². The monoisotopic (exact) mass is 445 g/mol. The number of phenolic OH excluding ortho intramolecular Hbond substituents is 1. The van der Waals surface area contributed by atoms with Gasteiger partial charge in [0.25, 0.3) is 10.0 Å². The fourth-order valence-electron chi connectivity index (χ4n) is 4.39. The number of likely N-dealkylation sites (tertiary alicyclic amines) is 2. The molecule has 4 rings (SSSR count). The lowest BCUT2D eigenvalue weighted by Gasteiger charge is -2.21. The van der Waals surface area contributed by atoms with Gasteiger partial charge in [0.2, 0.25) is 0 Å². The molecule has 2 aliphatic rings. The molecule has 7 nitrogen and oxygen atoms in total. The van der Waals surface area contributed by atoms with Gasteiger partial charge in [0.1, 0.15) is 11.5 Å². The zero-order chi connectivity index (χ0) is 21.8. The number of anilines is 1. The van der Waals surface area contributed by atoms with Crippen LogP contribution in [-0.4, -0.2) is 56.6 Å². The van der Waals surface area contributed by atoms with E-state index in [4.69, 9.17) is 4.74 Å². The van der Waals surface area contributed by atoms with Crippen LogP contribution in [0.1, 0.15) is 36.8 Å². The standard InChI is InChI=1S/C23H31N3O4S/c1-30-21-6-8-22(9-7-21)31(28,29)24-20-14-18(16-25-10-2-3-11-25)23(27)19(15-20)17-26-12-4-5-13-26/h6-9,14-15,24,27H,2-5,10-13,16-17H2,1H3. The maximum Gasteiger partial charge on any atom is 0.261 e. The van der Waals surface area contributed by atoms with E-state index < -0.39 is 10.0 Å². The summed E-state index contributed by atoms with van der Waals surface area (Å²) < 4.78 is 33.8. The van der Waals surface area contributed by atoms with Crippen molar-refractivity contribution < 1.29 is 18.3 Å². The molecule has 0 spiro atoms. The topological polar surface area (TPSA) is 82.1 Å². The molecule has 8 heteroatoms. The molecule has 2 saturated heterocycles. The number of rotatable bonds is 8. The van der Waals surface area contributed by atoms with Crippen molar-refractivity contribution in [1.82, 2.24) is 9.80 Å². The third-order valence-electron chi connectivity index (χ3n) is 6.08. The molecule has 2 heterocycles. The van der Waals surface area contributed by atoms with Crippen LogP contribution in [0.25, 0.3) is 0 Å². The van der Waals surface area contributed by atoms with E-state index in [1.807, 2.05) is 0 Å². The van der Waals surface area contributed by atoms with Crippen LogP contribution in [0.3, 0.4) is 0 Å². The minimum Gasteiger partial charge on any atom is -0.507 e. The Bertz CT molecular complexity index is 957. The first-order valence-electron chi connectivity index (χ1n) is 10.9. The number of aromatic hydroxyl groups is 1. The summed E-state index contributed by atoms with van der Waals surface area (Å²) in [5.74, 6) is 0.885. The van der Waals surface area contributed by atoms with Gasteiger partial charge in [-0.05, 0) is 88.3 Å². The zero-order valence-corrected chi connectivity index (χ0v) is 18.8. The molecular weight excluding hydrogens is 414 g/mol. The summed E-state index contributed by atoms with van der Waals surface area (Å²) in [5.41, 5.74) is 2.02. The van der Waals surface area contributed by atoms with E-state index in [1.54, 1.807) is 31.4 Å². The molecule has 0 aromatic heterocycles. The average Bonchev–Trinajstić information content (AvgIpc) is 3.45. The number of methoxy groups -OCH3 is 1. The molecule has 0 atom stereocenters. The quantitative estimate of drug-likeness (QED) is 0.606. The Morgan fingerprint density at radius 1 is 0.903 bits per heavy atom. The lowest BCUT2D eigenvalue weighted by molar-refractivity contribution is 0.312. The second-order valence-electron chi connectivity index (χ2n) is 8.39. The number of hydrogen-bond donors (Lipinski definition) is 2. The van der Waals surface area contributed by atoms with Gasteiger partial charge in [-0.2, -0.15) is 0 Å². The third kappa shape index (κ3) is 5.31. The van der Waals surface area contributed by atoms with Crippen molar-refractivity contribution in [3.63, 3.8) is 0 Å². The maximum atomic E-state index is 13.0. The number of phenols is 1.